The molecule has 0 unspecified atom stereocenters. The molecule has 108 valence electrons. The van der Waals surface area contributed by atoms with Gasteiger partial charge in [0, 0.05) is 17.8 Å². The highest BCUT2D eigenvalue weighted by atomic mass is 16.6. The van der Waals surface area contributed by atoms with Crippen molar-refractivity contribution in [3.05, 3.63) is 33.9 Å². The number of non-ortho nitro benzene ring substituents is 1. The summed E-state index contributed by atoms with van der Waals surface area (Å²) in [7, 11) is 0. The van der Waals surface area contributed by atoms with Gasteiger partial charge in [-0.1, -0.05) is 6.42 Å². The number of carbonyl (C=O) groups excluding carboxylic acids is 1. The Morgan fingerprint density at radius 2 is 2.05 bits per heavy atom. The molecule has 0 radical (unpaired) electrons. The number of nitrogens with zero attached hydrogens (tertiary/aromatic N) is 2. The van der Waals surface area contributed by atoms with E-state index in [1.54, 1.807) is 13.0 Å². The molecule has 1 aromatic carbocycles. The second-order valence-corrected chi connectivity index (χ2v) is 5.14. The Balaban J connectivity index is 1.95. The molecule has 1 amide bonds. The molecule has 0 spiro atoms. The van der Waals surface area contributed by atoms with Crippen LogP contribution in [0.15, 0.2) is 18.2 Å². The fourth-order valence-electron chi connectivity index (χ4n) is 2.41. The minimum Gasteiger partial charge on any atom is -0.325 e. The second-order valence-electron chi connectivity index (χ2n) is 5.14. The van der Waals surface area contributed by atoms with Gasteiger partial charge >= 0.3 is 0 Å². The molecule has 1 N–H and O–H groups in total. The fraction of sp³-hybridized carbons (Fsp3) is 0.500. The molecule has 1 saturated heterocycles. The Kier molecular flexibility index (Phi) is 4.68. The lowest BCUT2D eigenvalue weighted by molar-refractivity contribution is -0.384. The summed E-state index contributed by atoms with van der Waals surface area (Å²) in [4.78, 5) is 24.3. The molecular formula is C14H19N3O3. The summed E-state index contributed by atoms with van der Waals surface area (Å²) >= 11 is 0. The molecule has 1 heterocycles. The van der Waals surface area contributed by atoms with Crippen molar-refractivity contribution in [3.63, 3.8) is 0 Å². The highest BCUT2D eigenvalue weighted by Crippen LogP contribution is 2.21. The van der Waals surface area contributed by atoms with E-state index >= 15 is 0 Å². The third-order valence-corrected chi connectivity index (χ3v) is 3.51. The van der Waals surface area contributed by atoms with E-state index in [0.717, 1.165) is 25.9 Å². The van der Waals surface area contributed by atoms with E-state index in [2.05, 4.69) is 10.2 Å². The van der Waals surface area contributed by atoms with E-state index in [4.69, 9.17) is 0 Å². The number of carbonyl (C=O) groups is 1. The summed E-state index contributed by atoms with van der Waals surface area (Å²) in [5.74, 6) is -0.0659. The van der Waals surface area contributed by atoms with Crippen LogP contribution >= 0.6 is 0 Å². The summed E-state index contributed by atoms with van der Waals surface area (Å²) < 4.78 is 0. The minimum atomic E-state index is -0.438. The van der Waals surface area contributed by atoms with Crippen molar-refractivity contribution >= 4 is 17.3 Å². The predicted molar refractivity (Wildman–Crippen MR) is 76.8 cm³/mol. The normalized spacial score (nSPS) is 15.8. The molecule has 0 aliphatic carbocycles. The van der Waals surface area contributed by atoms with Crippen LogP contribution in [0.25, 0.3) is 0 Å². The third-order valence-electron chi connectivity index (χ3n) is 3.51. The van der Waals surface area contributed by atoms with Gasteiger partial charge in [-0.3, -0.25) is 19.8 Å². The number of benzene rings is 1. The van der Waals surface area contributed by atoms with Gasteiger partial charge in [0.05, 0.1) is 11.5 Å². The SMILES string of the molecule is Cc1cc([N+](=O)[O-])ccc1NC(=O)CN1CCCCC1. The van der Waals surface area contributed by atoms with Crippen molar-refractivity contribution in [1.82, 2.24) is 4.90 Å². The van der Waals surface area contributed by atoms with Crippen LogP contribution < -0.4 is 5.32 Å². The van der Waals surface area contributed by atoms with Crippen LogP contribution in [0.5, 0.6) is 0 Å². The van der Waals surface area contributed by atoms with Gasteiger partial charge in [0.25, 0.3) is 5.69 Å². The van der Waals surface area contributed by atoms with E-state index < -0.39 is 4.92 Å². The lowest BCUT2D eigenvalue weighted by Crippen LogP contribution is -2.36. The maximum Gasteiger partial charge on any atom is 0.269 e. The van der Waals surface area contributed by atoms with Crippen molar-refractivity contribution < 1.29 is 9.72 Å². The molecule has 0 aromatic heterocycles. The van der Waals surface area contributed by atoms with Gasteiger partial charge in [0.15, 0.2) is 0 Å². The monoisotopic (exact) mass is 277 g/mol. The maximum atomic E-state index is 12.0. The van der Waals surface area contributed by atoms with E-state index in [1.165, 1.54) is 18.6 Å². The topological polar surface area (TPSA) is 75.5 Å². The first-order valence-electron chi connectivity index (χ1n) is 6.83. The van der Waals surface area contributed by atoms with Crippen LogP contribution in [-0.4, -0.2) is 35.4 Å². The first kappa shape index (κ1) is 14.5. The summed E-state index contributed by atoms with van der Waals surface area (Å²) in [5, 5.41) is 13.5. The highest BCUT2D eigenvalue weighted by Gasteiger charge is 2.15. The first-order chi connectivity index (χ1) is 9.56. The Hall–Kier alpha value is -1.95. The highest BCUT2D eigenvalue weighted by molar-refractivity contribution is 5.93. The Morgan fingerprint density at radius 3 is 2.65 bits per heavy atom. The third kappa shape index (κ3) is 3.77. The van der Waals surface area contributed by atoms with Gasteiger partial charge in [0.1, 0.15) is 0 Å². The van der Waals surface area contributed by atoms with E-state index in [-0.39, 0.29) is 11.6 Å². The average molecular weight is 277 g/mol. The predicted octanol–water partition coefficient (Wildman–Crippen LogP) is 2.33. The number of amides is 1. The molecule has 0 saturated carbocycles. The number of hydrogen-bond donors (Lipinski definition) is 1. The molecule has 0 bridgehead atoms. The Labute approximate surface area is 117 Å². The number of piperidine rings is 1. The van der Waals surface area contributed by atoms with Crippen LogP contribution in [0.3, 0.4) is 0 Å². The van der Waals surface area contributed by atoms with Gasteiger partial charge in [-0.05, 0) is 44.5 Å². The summed E-state index contributed by atoms with van der Waals surface area (Å²) in [6.07, 6.45) is 3.52. The van der Waals surface area contributed by atoms with E-state index in [1.807, 2.05) is 0 Å². The molecule has 1 aromatic rings. The lowest BCUT2D eigenvalue weighted by atomic mass is 10.1. The molecule has 6 heteroatoms. The molecule has 1 aliphatic heterocycles. The quantitative estimate of drug-likeness (QED) is 0.677. The van der Waals surface area contributed by atoms with Crippen LogP contribution in [0.4, 0.5) is 11.4 Å². The standard InChI is InChI=1S/C14H19N3O3/c1-11-9-12(17(19)20)5-6-13(11)15-14(18)10-16-7-3-2-4-8-16/h5-6,9H,2-4,7-8,10H2,1H3,(H,15,18). The molecule has 2 rings (SSSR count). The minimum absolute atomic E-state index is 0.0385. The molecular weight excluding hydrogens is 258 g/mol. The lowest BCUT2D eigenvalue weighted by Gasteiger charge is -2.25. The van der Waals surface area contributed by atoms with Crippen molar-refractivity contribution in [3.8, 4) is 0 Å². The number of nitrogens with one attached hydrogen (secondary N) is 1. The number of aryl methyl sites for hydroxylation is 1. The fourth-order valence-corrected chi connectivity index (χ4v) is 2.41. The van der Waals surface area contributed by atoms with Gasteiger partial charge in [-0.25, -0.2) is 0 Å². The van der Waals surface area contributed by atoms with Crippen molar-refractivity contribution in [2.75, 3.05) is 25.0 Å². The number of nitro benzene ring substituents is 1. The van der Waals surface area contributed by atoms with Crippen molar-refractivity contribution in [2.45, 2.75) is 26.2 Å². The van der Waals surface area contributed by atoms with E-state index in [0.29, 0.717) is 17.8 Å². The number of anilines is 1. The summed E-state index contributed by atoms with van der Waals surface area (Å²) in [5.41, 5.74) is 1.38. The zero-order valence-corrected chi connectivity index (χ0v) is 11.6. The van der Waals surface area contributed by atoms with Crippen LogP contribution in [0.1, 0.15) is 24.8 Å². The summed E-state index contributed by atoms with van der Waals surface area (Å²) in [6, 6.07) is 4.46. The number of likely N-dealkylation sites (tertiary alicyclic amines) is 1. The number of nitro groups is 1. The number of hydrogen-bond acceptors (Lipinski definition) is 4. The number of rotatable bonds is 4. The van der Waals surface area contributed by atoms with Crippen LogP contribution in [-0.2, 0) is 4.79 Å². The van der Waals surface area contributed by atoms with Gasteiger partial charge in [0.2, 0.25) is 5.91 Å². The van der Waals surface area contributed by atoms with Crippen molar-refractivity contribution in [1.29, 1.82) is 0 Å². The molecule has 20 heavy (non-hydrogen) atoms. The van der Waals surface area contributed by atoms with Gasteiger partial charge in [-0.2, -0.15) is 0 Å². The zero-order chi connectivity index (χ0) is 14.5. The molecule has 6 nitrogen and oxygen atoms in total. The first-order valence-corrected chi connectivity index (χ1v) is 6.83. The molecule has 1 aliphatic rings. The van der Waals surface area contributed by atoms with Crippen LogP contribution in [0.2, 0.25) is 0 Å². The van der Waals surface area contributed by atoms with Crippen LogP contribution in [0, 0.1) is 17.0 Å². The summed E-state index contributed by atoms with van der Waals surface area (Å²) in [6.45, 7) is 4.07. The maximum absolute atomic E-state index is 12.0. The average Bonchev–Trinajstić information content (AvgIpc) is 2.42. The van der Waals surface area contributed by atoms with Gasteiger partial charge in [-0.15, -0.1) is 0 Å². The van der Waals surface area contributed by atoms with Gasteiger partial charge < -0.3 is 5.32 Å². The molecule has 1 fully saturated rings. The smallest absolute Gasteiger partial charge is 0.269 e. The molecule has 0 atom stereocenters. The van der Waals surface area contributed by atoms with E-state index in [9.17, 15) is 14.9 Å². The largest absolute Gasteiger partial charge is 0.325 e. The Morgan fingerprint density at radius 1 is 1.35 bits per heavy atom. The second kappa shape index (κ2) is 6.47. The Bertz CT molecular complexity index is 510. The van der Waals surface area contributed by atoms with Crippen molar-refractivity contribution in [2.24, 2.45) is 0 Å². The zero-order valence-electron chi connectivity index (χ0n) is 11.6.